The molecule has 1 aliphatic heterocycles. The van der Waals surface area contributed by atoms with Gasteiger partial charge >= 0.3 is 0 Å². The summed E-state index contributed by atoms with van der Waals surface area (Å²) >= 11 is 0. The first-order valence-electron chi connectivity index (χ1n) is 9.31. The minimum Gasteiger partial charge on any atom is -0.356 e. The molecule has 6 nitrogen and oxygen atoms in total. The lowest BCUT2D eigenvalue weighted by molar-refractivity contribution is 0.349. The van der Waals surface area contributed by atoms with Crippen LogP contribution in [-0.4, -0.2) is 32.6 Å². The van der Waals surface area contributed by atoms with Gasteiger partial charge in [0.2, 0.25) is 0 Å². The van der Waals surface area contributed by atoms with Gasteiger partial charge < -0.3 is 4.90 Å². The van der Waals surface area contributed by atoms with Gasteiger partial charge in [0.25, 0.3) is 5.56 Å². The molecular weight excluding hydrogens is 314 g/mol. The number of piperidine rings is 1. The highest BCUT2D eigenvalue weighted by atomic mass is 16.1. The molecule has 0 saturated carbocycles. The van der Waals surface area contributed by atoms with Crippen LogP contribution in [0.2, 0.25) is 0 Å². The largest absolute Gasteiger partial charge is 0.356 e. The summed E-state index contributed by atoms with van der Waals surface area (Å²) in [5, 5.41) is 0. The molecule has 0 radical (unpaired) electrons. The standard InChI is InChI=1S/C19H25N5O/c1-14-10-20-13-24(19(14)25)11-15-6-8-23(9-7-15)18-16-4-2-3-5-17(16)21-12-22-18/h10,12-13,15H,2-9,11H2,1H3. The van der Waals surface area contributed by atoms with Crippen LogP contribution in [0, 0.1) is 12.8 Å². The predicted octanol–water partition coefficient (Wildman–Crippen LogP) is 2.14. The molecule has 1 saturated heterocycles. The third-order valence-corrected chi connectivity index (χ3v) is 5.54. The highest BCUT2D eigenvalue weighted by Gasteiger charge is 2.25. The zero-order valence-electron chi connectivity index (χ0n) is 14.8. The quantitative estimate of drug-likeness (QED) is 0.857. The van der Waals surface area contributed by atoms with Gasteiger partial charge in [0, 0.05) is 42.7 Å². The molecule has 0 aromatic carbocycles. The minimum absolute atomic E-state index is 0.0855. The Balaban J connectivity index is 1.44. The van der Waals surface area contributed by atoms with Gasteiger partial charge in [-0.1, -0.05) is 0 Å². The van der Waals surface area contributed by atoms with Crippen LogP contribution in [0.15, 0.2) is 23.6 Å². The maximum atomic E-state index is 12.2. The van der Waals surface area contributed by atoms with E-state index in [-0.39, 0.29) is 5.56 Å². The number of aromatic nitrogens is 4. The number of rotatable bonds is 3. The Morgan fingerprint density at radius 3 is 2.80 bits per heavy atom. The highest BCUT2D eigenvalue weighted by molar-refractivity contribution is 5.49. The first-order chi connectivity index (χ1) is 12.2. The summed E-state index contributed by atoms with van der Waals surface area (Å²) in [6.07, 6.45) is 11.9. The Morgan fingerprint density at radius 2 is 1.96 bits per heavy atom. The first-order valence-corrected chi connectivity index (χ1v) is 9.31. The third-order valence-electron chi connectivity index (χ3n) is 5.54. The van der Waals surface area contributed by atoms with E-state index in [1.165, 1.54) is 24.1 Å². The molecule has 6 heteroatoms. The van der Waals surface area contributed by atoms with E-state index >= 15 is 0 Å². The first kappa shape index (κ1) is 16.2. The van der Waals surface area contributed by atoms with E-state index in [2.05, 4.69) is 19.9 Å². The molecule has 25 heavy (non-hydrogen) atoms. The maximum absolute atomic E-state index is 12.2. The van der Waals surface area contributed by atoms with E-state index in [9.17, 15) is 4.79 Å². The molecule has 2 aromatic heterocycles. The molecule has 2 aliphatic rings. The fourth-order valence-corrected chi connectivity index (χ4v) is 4.07. The van der Waals surface area contributed by atoms with E-state index in [0.29, 0.717) is 11.5 Å². The van der Waals surface area contributed by atoms with Gasteiger partial charge in [-0.25, -0.2) is 15.0 Å². The van der Waals surface area contributed by atoms with Crippen molar-refractivity contribution in [3.05, 3.63) is 46.0 Å². The minimum atomic E-state index is 0.0855. The lowest BCUT2D eigenvalue weighted by Gasteiger charge is -2.34. The second-order valence-electron chi connectivity index (χ2n) is 7.29. The van der Waals surface area contributed by atoms with Crippen molar-refractivity contribution in [2.75, 3.05) is 18.0 Å². The molecule has 0 bridgehead atoms. The summed E-state index contributed by atoms with van der Waals surface area (Å²) < 4.78 is 1.77. The monoisotopic (exact) mass is 339 g/mol. The van der Waals surface area contributed by atoms with E-state index in [0.717, 1.165) is 51.1 Å². The number of hydrogen-bond acceptors (Lipinski definition) is 5. The van der Waals surface area contributed by atoms with Crippen LogP contribution in [-0.2, 0) is 19.4 Å². The Kier molecular flexibility index (Phi) is 4.51. The normalized spacial score (nSPS) is 18.2. The van der Waals surface area contributed by atoms with Gasteiger partial charge in [0.05, 0.1) is 6.33 Å². The summed E-state index contributed by atoms with van der Waals surface area (Å²) in [5.74, 6) is 1.67. The molecule has 1 fully saturated rings. The summed E-state index contributed by atoms with van der Waals surface area (Å²) in [7, 11) is 0. The number of fused-ring (bicyclic) bond motifs is 1. The number of aryl methyl sites for hydroxylation is 2. The number of hydrogen-bond donors (Lipinski definition) is 0. The highest BCUT2D eigenvalue weighted by Crippen LogP contribution is 2.30. The van der Waals surface area contributed by atoms with Crippen molar-refractivity contribution in [3.8, 4) is 0 Å². The summed E-state index contributed by atoms with van der Waals surface area (Å²) in [6, 6.07) is 0. The van der Waals surface area contributed by atoms with Gasteiger partial charge in [0.1, 0.15) is 12.1 Å². The van der Waals surface area contributed by atoms with Gasteiger partial charge in [-0.2, -0.15) is 0 Å². The van der Waals surface area contributed by atoms with Crippen molar-refractivity contribution >= 4 is 5.82 Å². The van der Waals surface area contributed by atoms with E-state index in [4.69, 9.17) is 0 Å². The van der Waals surface area contributed by atoms with Crippen LogP contribution in [0.5, 0.6) is 0 Å². The van der Waals surface area contributed by atoms with Crippen LogP contribution >= 0.6 is 0 Å². The molecule has 4 rings (SSSR count). The van der Waals surface area contributed by atoms with Crippen LogP contribution in [0.4, 0.5) is 5.82 Å². The average molecular weight is 339 g/mol. The lowest BCUT2D eigenvalue weighted by atomic mass is 9.93. The van der Waals surface area contributed by atoms with Crippen LogP contribution in [0.25, 0.3) is 0 Å². The van der Waals surface area contributed by atoms with Gasteiger partial charge in [-0.15, -0.1) is 0 Å². The molecule has 0 atom stereocenters. The van der Waals surface area contributed by atoms with Crippen molar-refractivity contribution < 1.29 is 0 Å². The van der Waals surface area contributed by atoms with Crippen LogP contribution in [0.1, 0.15) is 42.5 Å². The predicted molar refractivity (Wildman–Crippen MR) is 96.8 cm³/mol. The molecule has 0 amide bonds. The van der Waals surface area contributed by atoms with Crippen molar-refractivity contribution in [2.45, 2.75) is 52.0 Å². The Labute approximate surface area is 148 Å². The Morgan fingerprint density at radius 1 is 1.16 bits per heavy atom. The third kappa shape index (κ3) is 3.30. The second kappa shape index (κ2) is 6.94. The van der Waals surface area contributed by atoms with Crippen molar-refractivity contribution in [1.29, 1.82) is 0 Å². The topological polar surface area (TPSA) is 63.9 Å². The molecular formula is C19H25N5O. The van der Waals surface area contributed by atoms with Gasteiger partial charge in [-0.3, -0.25) is 9.36 Å². The molecule has 0 unspecified atom stereocenters. The molecule has 0 spiro atoms. The average Bonchev–Trinajstić information content (AvgIpc) is 2.66. The Bertz CT molecular complexity index is 808. The van der Waals surface area contributed by atoms with E-state index < -0.39 is 0 Å². The zero-order chi connectivity index (χ0) is 17.2. The fraction of sp³-hybridized carbons (Fsp3) is 0.579. The molecule has 132 valence electrons. The van der Waals surface area contributed by atoms with E-state index in [1.54, 1.807) is 23.4 Å². The molecule has 2 aromatic rings. The Hall–Kier alpha value is -2.24. The maximum Gasteiger partial charge on any atom is 0.256 e. The number of nitrogens with zero attached hydrogens (tertiary/aromatic N) is 5. The summed E-state index contributed by atoms with van der Waals surface area (Å²) in [4.78, 5) is 27.8. The SMILES string of the molecule is Cc1cncn(CC2CCN(c3ncnc4c3CCCC4)CC2)c1=O. The van der Waals surface area contributed by atoms with Crippen LogP contribution in [0.3, 0.4) is 0 Å². The van der Waals surface area contributed by atoms with Crippen molar-refractivity contribution in [3.63, 3.8) is 0 Å². The second-order valence-corrected chi connectivity index (χ2v) is 7.29. The summed E-state index contributed by atoms with van der Waals surface area (Å²) in [5.41, 5.74) is 3.41. The molecule has 0 N–H and O–H groups in total. The van der Waals surface area contributed by atoms with Crippen LogP contribution < -0.4 is 10.5 Å². The zero-order valence-corrected chi connectivity index (χ0v) is 14.8. The van der Waals surface area contributed by atoms with Gasteiger partial charge in [-0.05, 0) is 51.4 Å². The molecule has 1 aliphatic carbocycles. The smallest absolute Gasteiger partial charge is 0.256 e. The summed E-state index contributed by atoms with van der Waals surface area (Å²) in [6.45, 7) is 4.60. The van der Waals surface area contributed by atoms with Gasteiger partial charge in [0.15, 0.2) is 0 Å². The van der Waals surface area contributed by atoms with Crippen molar-refractivity contribution in [1.82, 2.24) is 19.5 Å². The molecule has 3 heterocycles. The number of anilines is 1. The van der Waals surface area contributed by atoms with Crippen molar-refractivity contribution in [2.24, 2.45) is 5.92 Å². The van der Waals surface area contributed by atoms with E-state index in [1.807, 2.05) is 6.92 Å². The lowest BCUT2D eigenvalue weighted by Crippen LogP contribution is -2.38. The fourth-order valence-electron chi connectivity index (χ4n) is 4.07.